The highest BCUT2D eigenvalue weighted by atomic mass is 16.6. The number of benzene rings is 1. The number of amides is 1. The Morgan fingerprint density at radius 3 is 2.78 bits per heavy atom. The van der Waals surface area contributed by atoms with E-state index in [0.717, 1.165) is 5.56 Å². The second-order valence-electron chi connectivity index (χ2n) is 8.33. The number of hydrogen-bond acceptors (Lipinski definition) is 7. The molecule has 32 heavy (non-hydrogen) atoms. The van der Waals surface area contributed by atoms with Crippen molar-refractivity contribution in [2.24, 2.45) is 0 Å². The number of imidazole rings is 1. The van der Waals surface area contributed by atoms with Gasteiger partial charge in [0, 0.05) is 17.4 Å². The zero-order valence-electron chi connectivity index (χ0n) is 18.2. The van der Waals surface area contributed by atoms with Crippen LogP contribution in [0.4, 0.5) is 5.69 Å². The number of carbonyl (C=O) groups is 2. The summed E-state index contributed by atoms with van der Waals surface area (Å²) in [5.41, 5.74) is 2.63. The summed E-state index contributed by atoms with van der Waals surface area (Å²) >= 11 is 0. The predicted octanol–water partition coefficient (Wildman–Crippen LogP) is 3.83. The largest absolute Gasteiger partial charge is 0.460 e. The molecule has 0 bridgehead atoms. The lowest BCUT2D eigenvalue weighted by molar-refractivity contribution is -0.154. The maximum absolute atomic E-state index is 12.9. The molecule has 1 aromatic carbocycles. The van der Waals surface area contributed by atoms with Gasteiger partial charge < -0.3 is 14.6 Å². The van der Waals surface area contributed by atoms with Crippen molar-refractivity contribution in [1.29, 1.82) is 0 Å². The van der Waals surface area contributed by atoms with Gasteiger partial charge >= 0.3 is 5.97 Å². The van der Waals surface area contributed by atoms with Crippen LogP contribution in [0.2, 0.25) is 0 Å². The molecule has 0 saturated heterocycles. The van der Waals surface area contributed by atoms with Gasteiger partial charge in [0.15, 0.2) is 0 Å². The fourth-order valence-electron chi connectivity index (χ4n) is 3.13. The second kappa shape index (κ2) is 8.26. The number of fused-ring (bicyclic) bond motifs is 1. The molecule has 0 aliphatic heterocycles. The summed E-state index contributed by atoms with van der Waals surface area (Å²) in [4.78, 5) is 33.4. The lowest BCUT2D eigenvalue weighted by atomic mass is 10.1. The topological polar surface area (TPSA) is 112 Å². The van der Waals surface area contributed by atoms with Gasteiger partial charge in [0.25, 0.3) is 5.91 Å². The lowest BCUT2D eigenvalue weighted by Crippen LogP contribution is -2.24. The summed E-state index contributed by atoms with van der Waals surface area (Å²) in [5, 5.41) is 6.88. The summed E-state index contributed by atoms with van der Waals surface area (Å²) in [6.07, 6.45) is 3.20. The van der Waals surface area contributed by atoms with E-state index in [-0.39, 0.29) is 18.2 Å². The molecule has 0 saturated carbocycles. The molecular weight excluding hydrogens is 410 g/mol. The molecule has 1 amide bonds. The summed E-state index contributed by atoms with van der Waals surface area (Å²) in [7, 11) is 0. The monoisotopic (exact) mass is 433 g/mol. The molecule has 3 aromatic heterocycles. The fraction of sp³-hybridized carbons (Fsp3) is 0.261. The summed E-state index contributed by atoms with van der Waals surface area (Å²) in [5.74, 6) is -0.264. The van der Waals surface area contributed by atoms with Gasteiger partial charge in [-0.15, -0.1) is 0 Å². The Hall–Kier alpha value is -4.01. The number of carbonyl (C=O) groups excluding carboxylic acids is 2. The normalized spacial score (nSPS) is 11.5. The number of anilines is 1. The Labute approximate surface area is 184 Å². The van der Waals surface area contributed by atoms with Gasteiger partial charge in [-0.1, -0.05) is 23.4 Å². The fourth-order valence-corrected chi connectivity index (χ4v) is 3.13. The number of nitrogens with zero attached hydrogens (tertiary/aromatic N) is 4. The number of ether oxygens (including phenoxy) is 1. The van der Waals surface area contributed by atoms with Crippen molar-refractivity contribution in [3.05, 3.63) is 65.9 Å². The number of nitrogens with one attached hydrogen (secondary N) is 1. The van der Waals surface area contributed by atoms with Crippen LogP contribution in [0.1, 0.15) is 42.7 Å². The van der Waals surface area contributed by atoms with E-state index in [1.807, 2.05) is 37.3 Å². The second-order valence-corrected chi connectivity index (χ2v) is 8.33. The summed E-state index contributed by atoms with van der Waals surface area (Å²) < 4.78 is 12.2. The molecule has 0 aliphatic rings. The van der Waals surface area contributed by atoms with Crippen LogP contribution in [0, 0.1) is 6.92 Å². The van der Waals surface area contributed by atoms with Crippen LogP contribution >= 0.6 is 0 Å². The Morgan fingerprint density at radius 2 is 2.00 bits per heavy atom. The standard InChI is InChI=1S/C23H23N5O4/c1-14-8-9-15(21-26-19(32-27-21)12-20(29)31-23(2,3)4)11-16(14)25-22(30)17-13-24-18-7-5-6-10-28(17)18/h5-11,13H,12H2,1-4H3,(H,25,30). The highest BCUT2D eigenvalue weighted by Gasteiger charge is 2.20. The maximum atomic E-state index is 12.9. The minimum Gasteiger partial charge on any atom is -0.460 e. The van der Waals surface area contributed by atoms with E-state index >= 15 is 0 Å². The van der Waals surface area contributed by atoms with Gasteiger partial charge in [-0.2, -0.15) is 4.98 Å². The molecule has 3 heterocycles. The number of aromatic nitrogens is 4. The molecule has 9 nitrogen and oxygen atoms in total. The maximum Gasteiger partial charge on any atom is 0.315 e. The SMILES string of the molecule is Cc1ccc(-c2noc(CC(=O)OC(C)(C)C)n2)cc1NC(=O)c1cnc2ccccn12. The van der Waals surface area contributed by atoms with E-state index in [0.29, 0.717) is 28.4 Å². The van der Waals surface area contributed by atoms with E-state index in [4.69, 9.17) is 9.26 Å². The number of aryl methyl sites for hydroxylation is 1. The molecule has 4 aromatic rings. The molecule has 9 heteroatoms. The molecular formula is C23H23N5O4. The predicted molar refractivity (Wildman–Crippen MR) is 117 cm³/mol. The minimum atomic E-state index is -0.592. The van der Waals surface area contributed by atoms with Crippen LogP contribution in [0.25, 0.3) is 17.0 Å². The van der Waals surface area contributed by atoms with Gasteiger partial charge in [-0.3, -0.25) is 14.0 Å². The number of rotatable bonds is 5. The average Bonchev–Trinajstić information content (AvgIpc) is 3.35. The van der Waals surface area contributed by atoms with Crippen molar-refractivity contribution in [1.82, 2.24) is 19.5 Å². The molecule has 0 radical (unpaired) electrons. The van der Waals surface area contributed by atoms with Crippen molar-refractivity contribution < 1.29 is 18.8 Å². The highest BCUT2D eigenvalue weighted by Crippen LogP contribution is 2.24. The first kappa shape index (κ1) is 21.2. The molecule has 1 N–H and O–H groups in total. The van der Waals surface area contributed by atoms with Crippen LogP contribution < -0.4 is 5.32 Å². The van der Waals surface area contributed by atoms with E-state index in [9.17, 15) is 9.59 Å². The molecule has 0 unspecified atom stereocenters. The summed E-state index contributed by atoms with van der Waals surface area (Å²) in [6, 6.07) is 11.0. The first-order chi connectivity index (χ1) is 15.2. The quantitative estimate of drug-likeness (QED) is 0.476. The Kier molecular flexibility index (Phi) is 5.48. The van der Waals surface area contributed by atoms with Gasteiger partial charge in [-0.05, 0) is 51.5 Å². The van der Waals surface area contributed by atoms with Crippen molar-refractivity contribution in [2.45, 2.75) is 39.7 Å². The third kappa shape index (κ3) is 4.66. The molecule has 4 rings (SSSR count). The van der Waals surface area contributed by atoms with E-state index < -0.39 is 11.6 Å². The third-order valence-corrected chi connectivity index (χ3v) is 4.58. The summed E-state index contributed by atoms with van der Waals surface area (Å²) in [6.45, 7) is 7.26. The molecule has 164 valence electrons. The molecule has 0 aliphatic carbocycles. The Balaban J connectivity index is 1.52. The average molecular weight is 433 g/mol. The Morgan fingerprint density at radius 1 is 1.19 bits per heavy atom. The molecule has 0 atom stereocenters. The van der Waals surface area contributed by atoms with Crippen LogP contribution in [0.5, 0.6) is 0 Å². The number of esters is 1. The van der Waals surface area contributed by atoms with Crippen molar-refractivity contribution >= 4 is 23.2 Å². The smallest absolute Gasteiger partial charge is 0.315 e. The first-order valence-corrected chi connectivity index (χ1v) is 10.1. The number of hydrogen-bond donors (Lipinski definition) is 1. The highest BCUT2D eigenvalue weighted by molar-refractivity contribution is 6.04. The van der Waals surface area contributed by atoms with Crippen LogP contribution in [-0.4, -0.2) is 37.0 Å². The van der Waals surface area contributed by atoms with E-state index in [2.05, 4.69) is 20.4 Å². The molecule has 0 spiro atoms. The Bertz CT molecular complexity index is 1300. The van der Waals surface area contributed by atoms with Gasteiger partial charge in [0.1, 0.15) is 23.4 Å². The van der Waals surface area contributed by atoms with Gasteiger partial charge in [0.05, 0.1) is 6.20 Å². The lowest BCUT2D eigenvalue weighted by Gasteiger charge is -2.18. The van der Waals surface area contributed by atoms with Gasteiger partial charge in [-0.25, -0.2) is 4.98 Å². The van der Waals surface area contributed by atoms with Crippen molar-refractivity contribution in [2.75, 3.05) is 5.32 Å². The van der Waals surface area contributed by atoms with Crippen LogP contribution in [0.3, 0.4) is 0 Å². The zero-order chi connectivity index (χ0) is 22.9. The van der Waals surface area contributed by atoms with E-state index in [1.54, 1.807) is 37.4 Å². The zero-order valence-corrected chi connectivity index (χ0v) is 18.2. The first-order valence-electron chi connectivity index (χ1n) is 10.1. The third-order valence-electron chi connectivity index (χ3n) is 4.58. The number of pyridine rings is 1. The minimum absolute atomic E-state index is 0.117. The molecule has 0 fully saturated rings. The van der Waals surface area contributed by atoms with Crippen LogP contribution in [-0.2, 0) is 16.0 Å². The van der Waals surface area contributed by atoms with Gasteiger partial charge in [0.2, 0.25) is 11.7 Å². The van der Waals surface area contributed by atoms with E-state index in [1.165, 1.54) is 6.20 Å². The van der Waals surface area contributed by atoms with Crippen molar-refractivity contribution in [3.63, 3.8) is 0 Å². The van der Waals surface area contributed by atoms with Crippen LogP contribution in [0.15, 0.2) is 53.3 Å². The van der Waals surface area contributed by atoms with Crippen molar-refractivity contribution in [3.8, 4) is 11.4 Å².